The highest BCUT2D eigenvalue weighted by atomic mass is 15.3. The lowest BCUT2D eigenvalue weighted by molar-refractivity contribution is 0.632. The summed E-state index contributed by atoms with van der Waals surface area (Å²) >= 11 is 0. The molecule has 0 spiro atoms. The summed E-state index contributed by atoms with van der Waals surface area (Å²) in [6.07, 6.45) is 5.57. The van der Waals surface area contributed by atoms with Crippen LogP contribution in [-0.2, 0) is 7.05 Å². The maximum Gasteiger partial charge on any atom is 0.0764 e. The molecule has 5 nitrogen and oxygen atoms in total. The molecule has 0 aliphatic heterocycles. The molecule has 2 heterocycles. The second-order valence-corrected chi connectivity index (χ2v) is 4.86. The van der Waals surface area contributed by atoms with Gasteiger partial charge in [-0.3, -0.25) is 15.5 Å². The molecular formula is C15H17N5. The zero-order chi connectivity index (χ0) is 14.1. The van der Waals surface area contributed by atoms with Crippen LogP contribution in [0.1, 0.15) is 22.9 Å². The highest BCUT2D eigenvalue weighted by molar-refractivity contribution is 5.85. The SMILES string of the molecule is Cc1c(C(NN)c2cncc3ccccc23)cnn1C. The fraction of sp³-hybridized carbons (Fsp3) is 0.200. The van der Waals surface area contributed by atoms with Gasteiger partial charge in [0, 0.05) is 41.6 Å². The summed E-state index contributed by atoms with van der Waals surface area (Å²) in [6.45, 7) is 2.03. The standard InChI is InChI=1S/C15H17N5/c1-10-13(9-18-20(10)2)15(19-16)14-8-17-7-11-5-3-4-6-12(11)14/h3-9,15,19H,16H2,1-2H3. The number of rotatable bonds is 3. The summed E-state index contributed by atoms with van der Waals surface area (Å²) in [5.41, 5.74) is 6.09. The molecule has 102 valence electrons. The van der Waals surface area contributed by atoms with E-state index in [4.69, 9.17) is 5.84 Å². The highest BCUT2D eigenvalue weighted by Gasteiger charge is 2.19. The molecule has 0 saturated carbocycles. The number of hydrogen-bond donors (Lipinski definition) is 2. The van der Waals surface area contributed by atoms with Crippen molar-refractivity contribution in [3.8, 4) is 0 Å². The van der Waals surface area contributed by atoms with Crippen molar-refractivity contribution in [1.82, 2.24) is 20.2 Å². The Bertz CT molecular complexity index is 742. The van der Waals surface area contributed by atoms with Crippen molar-refractivity contribution < 1.29 is 0 Å². The van der Waals surface area contributed by atoms with Gasteiger partial charge in [0.25, 0.3) is 0 Å². The maximum atomic E-state index is 5.79. The van der Waals surface area contributed by atoms with Crippen LogP contribution in [0.25, 0.3) is 10.8 Å². The van der Waals surface area contributed by atoms with Gasteiger partial charge in [0.15, 0.2) is 0 Å². The molecule has 0 radical (unpaired) electrons. The minimum Gasteiger partial charge on any atom is -0.273 e. The van der Waals surface area contributed by atoms with E-state index in [0.29, 0.717) is 0 Å². The van der Waals surface area contributed by atoms with Crippen LogP contribution in [0.3, 0.4) is 0 Å². The van der Waals surface area contributed by atoms with Gasteiger partial charge < -0.3 is 0 Å². The van der Waals surface area contributed by atoms with Crippen molar-refractivity contribution in [2.75, 3.05) is 0 Å². The van der Waals surface area contributed by atoms with E-state index in [9.17, 15) is 0 Å². The van der Waals surface area contributed by atoms with Gasteiger partial charge in [-0.15, -0.1) is 0 Å². The van der Waals surface area contributed by atoms with E-state index in [-0.39, 0.29) is 6.04 Å². The predicted molar refractivity (Wildman–Crippen MR) is 78.9 cm³/mol. The number of nitrogens with zero attached hydrogens (tertiary/aromatic N) is 3. The number of hydrogen-bond acceptors (Lipinski definition) is 4. The third-order valence-electron chi connectivity index (χ3n) is 3.76. The predicted octanol–water partition coefficient (Wildman–Crippen LogP) is 1.83. The number of fused-ring (bicyclic) bond motifs is 1. The molecule has 20 heavy (non-hydrogen) atoms. The number of aromatic nitrogens is 3. The topological polar surface area (TPSA) is 68.8 Å². The van der Waals surface area contributed by atoms with E-state index in [0.717, 1.165) is 27.6 Å². The summed E-state index contributed by atoms with van der Waals surface area (Å²) in [5, 5.41) is 6.54. The fourth-order valence-corrected chi connectivity index (χ4v) is 2.52. The smallest absolute Gasteiger partial charge is 0.0764 e. The van der Waals surface area contributed by atoms with Gasteiger partial charge in [-0.1, -0.05) is 24.3 Å². The van der Waals surface area contributed by atoms with Crippen LogP contribution in [0.2, 0.25) is 0 Å². The Morgan fingerprint density at radius 3 is 2.65 bits per heavy atom. The second-order valence-electron chi connectivity index (χ2n) is 4.86. The Hall–Kier alpha value is -2.24. The van der Waals surface area contributed by atoms with Crippen LogP contribution in [0.5, 0.6) is 0 Å². The third-order valence-corrected chi connectivity index (χ3v) is 3.76. The molecule has 0 aliphatic rings. The third kappa shape index (κ3) is 1.97. The average molecular weight is 267 g/mol. The molecular weight excluding hydrogens is 250 g/mol. The average Bonchev–Trinajstić information content (AvgIpc) is 2.81. The van der Waals surface area contributed by atoms with E-state index in [1.807, 2.05) is 49.4 Å². The number of benzene rings is 1. The van der Waals surface area contributed by atoms with Gasteiger partial charge in [0.1, 0.15) is 0 Å². The molecule has 0 amide bonds. The minimum atomic E-state index is -0.123. The van der Waals surface area contributed by atoms with E-state index < -0.39 is 0 Å². The van der Waals surface area contributed by atoms with Crippen LogP contribution >= 0.6 is 0 Å². The lowest BCUT2D eigenvalue weighted by atomic mass is 9.97. The maximum absolute atomic E-state index is 5.79. The first-order valence-corrected chi connectivity index (χ1v) is 6.49. The molecule has 1 atom stereocenters. The first kappa shape index (κ1) is 12.8. The lowest BCUT2D eigenvalue weighted by Crippen LogP contribution is -2.29. The van der Waals surface area contributed by atoms with Gasteiger partial charge >= 0.3 is 0 Å². The highest BCUT2D eigenvalue weighted by Crippen LogP contribution is 2.28. The summed E-state index contributed by atoms with van der Waals surface area (Å²) in [7, 11) is 1.92. The monoisotopic (exact) mass is 267 g/mol. The molecule has 0 aliphatic carbocycles. The molecule has 3 rings (SSSR count). The van der Waals surface area contributed by atoms with E-state index in [1.165, 1.54) is 0 Å². The molecule has 0 bridgehead atoms. The summed E-state index contributed by atoms with van der Waals surface area (Å²) < 4.78 is 1.85. The summed E-state index contributed by atoms with van der Waals surface area (Å²) in [5.74, 6) is 5.79. The molecule has 1 unspecified atom stereocenters. The quantitative estimate of drug-likeness (QED) is 0.561. The van der Waals surface area contributed by atoms with Crippen molar-refractivity contribution in [1.29, 1.82) is 0 Å². The van der Waals surface area contributed by atoms with Crippen molar-refractivity contribution in [2.24, 2.45) is 12.9 Å². The Morgan fingerprint density at radius 1 is 1.15 bits per heavy atom. The number of pyridine rings is 1. The Labute approximate surface area is 117 Å². The minimum absolute atomic E-state index is 0.123. The molecule has 0 saturated heterocycles. The number of hydrazine groups is 1. The zero-order valence-electron chi connectivity index (χ0n) is 11.5. The zero-order valence-corrected chi connectivity index (χ0v) is 11.5. The Balaban J connectivity index is 2.19. The van der Waals surface area contributed by atoms with Crippen molar-refractivity contribution >= 4 is 10.8 Å². The van der Waals surface area contributed by atoms with Crippen molar-refractivity contribution in [3.05, 3.63) is 59.7 Å². The first-order valence-electron chi connectivity index (χ1n) is 6.49. The Kier molecular flexibility index (Phi) is 3.22. The molecule has 1 aromatic carbocycles. The van der Waals surface area contributed by atoms with E-state index in [2.05, 4.69) is 27.6 Å². The number of aryl methyl sites for hydroxylation is 1. The van der Waals surface area contributed by atoms with Crippen LogP contribution in [0, 0.1) is 6.92 Å². The van der Waals surface area contributed by atoms with Gasteiger partial charge in [0.05, 0.1) is 12.2 Å². The van der Waals surface area contributed by atoms with Crippen LogP contribution < -0.4 is 11.3 Å². The van der Waals surface area contributed by atoms with Crippen molar-refractivity contribution in [2.45, 2.75) is 13.0 Å². The molecule has 3 aromatic rings. The van der Waals surface area contributed by atoms with Crippen LogP contribution in [0.15, 0.2) is 42.9 Å². The molecule has 3 N–H and O–H groups in total. The van der Waals surface area contributed by atoms with Gasteiger partial charge in [-0.25, -0.2) is 5.43 Å². The molecule has 2 aromatic heterocycles. The lowest BCUT2D eigenvalue weighted by Gasteiger charge is -2.18. The molecule has 5 heteroatoms. The largest absolute Gasteiger partial charge is 0.273 e. The van der Waals surface area contributed by atoms with Crippen LogP contribution in [0.4, 0.5) is 0 Å². The normalized spacial score (nSPS) is 12.8. The van der Waals surface area contributed by atoms with E-state index in [1.54, 1.807) is 0 Å². The van der Waals surface area contributed by atoms with Gasteiger partial charge in [-0.2, -0.15) is 5.10 Å². The van der Waals surface area contributed by atoms with E-state index >= 15 is 0 Å². The second kappa shape index (κ2) is 5.03. The number of nitrogens with two attached hydrogens (primary N) is 1. The number of nitrogens with one attached hydrogen (secondary N) is 1. The summed E-state index contributed by atoms with van der Waals surface area (Å²) in [4.78, 5) is 4.32. The van der Waals surface area contributed by atoms with Gasteiger partial charge in [-0.05, 0) is 12.3 Å². The summed E-state index contributed by atoms with van der Waals surface area (Å²) in [6, 6.07) is 8.05. The van der Waals surface area contributed by atoms with Crippen LogP contribution in [-0.4, -0.2) is 14.8 Å². The fourth-order valence-electron chi connectivity index (χ4n) is 2.52. The first-order chi connectivity index (χ1) is 9.72. The van der Waals surface area contributed by atoms with Crippen molar-refractivity contribution in [3.63, 3.8) is 0 Å². The Morgan fingerprint density at radius 2 is 1.95 bits per heavy atom. The van der Waals surface area contributed by atoms with Gasteiger partial charge in [0.2, 0.25) is 0 Å². The molecule has 0 fully saturated rings.